The van der Waals surface area contributed by atoms with Gasteiger partial charge in [0, 0.05) is 26.3 Å². The van der Waals surface area contributed by atoms with Crippen molar-refractivity contribution in [3.05, 3.63) is 23.8 Å². The Bertz CT molecular complexity index is 697. The zero-order chi connectivity index (χ0) is 18.3. The van der Waals surface area contributed by atoms with Gasteiger partial charge in [0.15, 0.2) is 0 Å². The molecule has 2 amide bonds. The third-order valence-corrected chi connectivity index (χ3v) is 5.46. The van der Waals surface area contributed by atoms with Crippen molar-refractivity contribution in [2.45, 2.75) is 31.4 Å². The average molecular weight is 359 g/mol. The van der Waals surface area contributed by atoms with E-state index in [9.17, 15) is 9.59 Å². The molecule has 3 fully saturated rings. The molecular formula is C18H25N5O3. The standard InChI is InChI=1S/C18H25N5O3/c1-12-5-21-14(6-20-12)17(25)23-10-18(11-23)9-22(7-13-3-4-13)15(8-26-18)16(24)19-2/h5-6,13,15H,3-4,7-11H2,1-2H3,(H,19,24)/t15-/m1/s1. The summed E-state index contributed by atoms with van der Waals surface area (Å²) in [6.07, 6.45) is 5.60. The number of aryl methyl sites for hydroxylation is 1. The second-order valence-electron chi connectivity index (χ2n) is 7.70. The van der Waals surface area contributed by atoms with E-state index in [-0.39, 0.29) is 23.5 Å². The van der Waals surface area contributed by atoms with Gasteiger partial charge >= 0.3 is 0 Å². The van der Waals surface area contributed by atoms with Gasteiger partial charge in [0.2, 0.25) is 5.91 Å². The molecule has 1 aromatic rings. The van der Waals surface area contributed by atoms with E-state index in [0.29, 0.717) is 37.9 Å². The lowest BCUT2D eigenvalue weighted by molar-refractivity contribution is -0.191. The fourth-order valence-corrected chi connectivity index (χ4v) is 3.77. The number of nitrogens with one attached hydrogen (secondary N) is 1. The van der Waals surface area contributed by atoms with Gasteiger partial charge in [-0.3, -0.25) is 19.5 Å². The van der Waals surface area contributed by atoms with Gasteiger partial charge in [0.25, 0.3) is 5.91 Å². The number of hydrogen-bond donors (Lipinski definition) is 1. The molecule has 1 spiro atoms. The Morgan fingerprint density at radius 1 is 1.27 bits per heavy atom. The van der Waals surface area contributed by atoms with Gasteiger partial charge in [-0.15, -0.1) is 0 Å². The lowest BCUT2D eigenvalue weighted by atomic mass is 9.89. The molecule has 4 rings (SSSR count). The van der Waals surface area contributed by atoms with Gasteiger partial charge in [-0.05, 0) is 25.7 Å². The molecule has 0 radical (unpaired) electrons. The van der Waals surface area contributed by atoms with Crippen molar-refractivity contribution in [2.75, 3.05) is 39.8 Å². The molecule has 1 atom stereocenters. The number of aromatic nitrogens is 2. The monoisotopic (exact) mass is 359 g/mol. The number of carbonyl (C=O) groups excluding carboxylic acids is 2. The van der Waals surface area contributed by atoms with E-state index in [1.165, 1.54) is 19.0 Å². The molecule has 2 aliphatic heterocycles. The first-order chi connectivity index (χ1) is 12.5. The van der Waals surface area contributed by atoms with E-state index in [1.54, 1.807) is 18.1 Å². The fraction of sp³-hybridized carbons (Fsp3) is 0.667. The van der Waals surface area contributed by atoms with Crippen LogP contribution in [0.15, 0.2) is 12.4 Å². The molecule has 1 N–H and O–H groups in total. The maximum absolute atomic E-state index is 12.5. The van der Waals surface area contributed by atoms with Crippen molar-refractivity contribution in [3.8, 4) is 0 Å². The first kappa shape index (κ1) is 17.4. The Labute approximate surface area is 152 Å². The van der Waals surface area contributed by atoms with Gasteiger partial charge in [-0.25, -0.2) is 4.98 Å². The van der Waals surface area contributed by atoms with Crippen LogP contribution in [0.4, 0.5) is 0 Å². The maximum atomic E-state index is 12.5. The molecule has 1 saturated carbocycles. The van der Waals surface area contributed by atoms with Gasteiger partial charge in [0.1, 0.15) is 17.3 Å². The SMILES string of the molecule is CNC(=O)[C@H]1COC2(CN(C(=O)c3cnc(C)cn3)C2)CN1CC1CC1. The maximum Gasteiger partial charge on any atom is 0.274 e. The molecule has 140 valence electrons. The van der Waals surface area contributed by atoms with E-state index in [4.69, 9.17) is 4.74 Å². The van der Waals surface area contributed by atoms with Crippen molar-refractivity contribution >= 4 is 11.8 Å². The Hall–Kier alpha value is -2.06. The van der Waals surface area contributed by atoms with Crippen LogP contribution in [0.25, 0.3) is 0 Å². The van der Waals surface area contributed by atoms with E-state index >= 15 is 0 Å². The van der Waals surface area contributed by atoms with Crippen LogP contribution < -0.4 is 5.32 Å². The Balaban J connectivity index is 1.40. The average Bonchev–Trinajstić information content (AvgIpc) is 3.43. The van der Waals surface area contributed by atoms with Crippen LogP contribution >= 0.6 is 0 Å². The Kier molecular flexibility index (Phi) is 4.40. The molecule has 8 nitrogen and oxygen atoms in total. The fourth-order valence-electron chi connectivity index (χ4n) is 3.77. The molecule has 1 aliphatic carbocycles. The number of amides is 2. The third-order valence-electron chi connectivity index (χ3n) is 5.46. The van der Waals surface area contributed by atoms with Crippen LogP contribution in [-0.2, 0) is 9.53 Å². The number of rotatable bonds is 4. The van der Waals surface area contributed by atoms with Crippen molar-refractivity contribution in [2.24, 2.45) is 5.92 Å². The van der Waals surface area contributed by atoms with Crippen LogP contribution in [0, 0.1) is 12.8 Å². The van der Waals surface area contributed by atoms with E-state index in [1.807, 2.05) is 6.92 Å². The molecular weight excluding hydrogens is 334 g/mol. The quantitative estimate of drug-likeness (QED) is 0.804. The molecule has 0 aromatic carbocycles. The summed E-state index contributed by atoms with van der Waals surface area (Å²) in [4.78, 5) is 37.0. The molecule has 3 aliphatic rings. The zero-order valence-corrected chi connectivity index (χ0v) is 15.3. The summed E-state index contributed by atoms with van der Waals surface area (Å²) >= 11 is 0. The lowest BCUT2D eigenvalue weighted by Gasteiger charge is -2.55. The van der Waals surface area contributed by atoms with E-state index in [0.717, 1.165) is 12.2 Å². The lowest BCUT2D eigenvalue weighted by Crippen LogP contribution is -2.73. The highest BCUT2D eigenvalue weighted by atomic mass is 16.5. The van der Waals surface area contributed by atoms with Crippen LogP contribution in [-0.4, -0.2) is 83.1 Å². The number of ether oxygens (including phenoxy) is 1. The van der Waals surface area contributed by atoms with Crippen LogP contribution in [0.1, 0.15) is 29.0 Å². The molecule has 0 unspecified atom stereocenters. The van der Waals surface area contributed by atoms with Crippen LogP contribution in [0.5, 0.6) is 0 Å². The van der Waals surface area contributed by atoms with Crippen molar-refractivity contribution < 1.29 is 14.3 Å². The predicted octanol–water partition coefficient (Wildman–Crippen LogP) is -0.164. The van der Waals surface area contributed by atoms with Gasteiger partial charge in [-0.2, -0.15) is 0 Å². The molecule has 3 heterocycles. The highest BCUT2D eigenvalue weighted by Gasteiger charge is 2.52. The van der Waals surface area contributed by atoms with Crippen molar-refractivity contribution in [1.82, 2.24) is 25.1 Å². The van der Waals surface area contributed by atoms with Crippen molar-refractivity contribution in [3.63, 3.8) is 0 Å². The minimum absolute atomic E-state index is 0.00249. The van der Waals surface area contributed by atoms with Crippen LogP contribution in [0.2, 0.25) is 0 Å². The normalized spacial score (nSPS) is 25.0. The Morgan fingerprint density at radius 2 is 2.04 bits per heavy atom. The predicted molar refractivity (Wildman–Crippen MR) is 93.5 cm³/mol. The van der Waals surface area contributed by atoms with E-state index in [2.05, 4.69) is 20.2 Å². The minimum Gasteiger partial charge on any atom is -0.368 e. The van der Waals surface area contributed by atoms with E-state index < -0.39 is 0 Å². The number of morpholine rings is 1. The van der Waals surface area contributed by atoms with Crippen LogP contribution in [0.3, 0.4) is 0 Å². The summed E-state index contributed by atoms with van der Waals surface area (Å²) in [6.45, 7) is 4.89. The number of carbonyl (C=O) groups is 2. The highest BCUT2D eigenvalue weighted by Crippen LogP contribution is 2.36. The first-order valence-corrected chi connectivity index (χ1v) is 9.17. The summed E-state index contributed by atoms with van der Waals surface area (Å²) in [5.41, 5.74) is 0.778. The second-order valence-corrected chi connectivity index (χ2v) is 7.70. The largest absolute Gasteiger partial charge is 0.368 e. The topological polar surface area (TPSA) is 87.7 Å². The van der Waals surface area contributed by atoms with Gasteiger partial charge in [0.05, 0.1) is 31.6 Å². The smallest absolute Gasteiger partial charge is 0.274 e. The van der Waals surface area contributed by atoms with Gasteiger partial charge in [-0.1, -0.05) is 0 Å². The molecule has 2 saturated heterocycles. The molecule has 0 bridgehead atoms. The Morgan fingerprint density at radius 3 is 2.65 bits per heavy atom. The van der Waals surface area contributed by atoms with Crippen molar-refractivity contribution in [1.29, 1.82) is 0 Å². The summed E-state index contributed by atoms with van der Waals surface area (Å²) in [5.74, 6) is 0.578. The summed E-state index contributed by atoms with van der Waals surface area (Å²) in [7, 11) is 1.66. The number of likely N-dealkylation sites (N-methyl/N-ethyl adjacent to an activating group) is 1. The first-order valence-electron chi connectivity index (χ1n) is 9.17. The number of hydrogen-bond acceptors (Lipinski definition) is 6. The highest BCUT2D eigenvalue weighted by molar-refractivity contribution is 5.92. The second kappa shape index (κ2) is 6.59. The minimum atomic E-state index is -0.368. The molecule has 26 heavy (non-hydrogen) atoms. The number of nitrogens with zero attached hydrogens (tertiary/aromatic N) is 4. The summed E-state index contributed by atoms with van der Waals surface area (Å²) < 4.78 is 6.07. The molecule has 1 aromatic heterocycles. The zero-order valence-electron chi connectivity index (χ0n) is 15.3. The number of likely N-dealkylation sites (tertiary alicyclic amines) is 1. The van der Waals surface area contributed by atoms with Gasteiger partial charge < -0.3 is 15.0 Å². The third kappa shape index (κ3) is 3.31. The summed E-state index contributed by atoms with van der Waals surface area (Å²) in [6, 6.07) is -0.237. The summed E-state index contributed by atoms with van der Waals surface area (Å²) in [5, 5.41) is 2.73. The molecule has 8 heteroatoms.